The van der Waals surface area contributed by atoms with Crippen molar-refractivity contribution in [2.24, 2.45) is 0 Å². The molecule has 1 aliphatic rings. The number of amides is 2. The molecule has 1 heterocycles. The molecule has 11 heteroatoms. The Hall–Kier alpha value is -2.50. The van der Waals surface area contributed by atoms with Gasteiger partial charge >= 0.3 is 5.97 Å². The van der Waals surface area contributed by atoms with Crippen molar-refractivity contribution in [3.63, 3.8) is 0 Å². The van der Waals surface area contributed by atoms with Gasteiger partial charge in [-0.2, -0.15) is 4.31 Å². The van der Waals surface area contributed by atoms with Gasteiger partial charge in [0.25, 0.3) is 5.91 Å². The number of nitrogens with one attached hydrogen (secondary N) is 2. The molecule has 0 aliphatic carbocycles. The van der Waals surface area contributed by atoms with Crippen LogP contribution < -0.4 is 10.6 Å². The summed E-state index contributed by atoms with van der Waals surface area (Å²) in [4.78, 5) is 35.1. The molecule has 0 spiro atoms. The second-order valence-corrected chi connectivity index (χ2v) is 8.47. The van der Waals surface area contributed by atoms with Crippen LogP contribution in [0, 0.1) is 0 Å². The number of carbonyl (C=O) groups is 3. The minimum absolute atomic E-state index is 0.112. The number of esters is 1. The van der Waals surface area contributed by atoms with Crippen LogP contribution in [-0.4, -0.2) is 69.0 Å². The summed E-state index contributed by atoms with van der Waals surface area (Å²) in [6.07, 6.45) is -1.10. The molecule has 1 fully saturated rings. The van der Waals surface area contributed by atoms with Crippen LogP contribution in [0.1, 0.15) is 20.8 Å². The van der Waals surface area contributed by atoms with Gasteiger partial charge in [0, 0.05) is 25.7 Å². The number of nitrogens with zero attached hydrogens (tertiary/aromatic N) is 1. The van der Waals surface area contributed by atoms with Gasteiger partial charge in [-0.1, -0.05) is 0 Å². The molecule has 1 aliphatic heterocycles. The first kappa shape index (κ1) is 22.8. The van der Waals surface area contributed by atoms with Crippen molar-refractivity contribution >= 4 is 33.5 Å². The quantitative estimate of drug-likeness (QED) is 0.590. The van der Waals surface area contributed by atoms with Crippen molar-refractivity contribution in [2.75, 3.05) is 31.6 Å². The number of hydrogen-bond acceptors (Lipinski definition) is 7. The van der Waals surface area contributed by atoms with E-state index < -0.39 is 40.0 Å². The largest absolute Gasteiger partial charge is 0.451 e. The maximum atomic E-state index is 12.6. The summed E-state index contributed by atoms with van der Waals surface area (Å²) in [6.45, 7) is 5.39. The van der Waals surface area contributed by atoms with Crippen molar-refractivity contribution in [3.05, 3.63) is 24.3 Å². The molecule has 1 saturated heterocycles. The van der Waals surface area contributed by atoms with Crippen molar-refractivity contribution in [1.82, 2.24) is 9.62 Å². The van der Waals surface area contributed by atoms with Crippen molar-refractivity contribution in [3.8, 4) is 0 Å². The van der Waals surface area contributed by atoms with E-state index in [4.69, 9.17) is 9.47 Å². The lowest BCUT2D eigenvalue weighted by molar-refractivity contribution is -0.155. The lowest BCUT2D eigenvalue weighted by Crippen LogP contribution is -2.41. The number of anilines is 1. The topological polar surface area (TPSA) is 131 Å². The molecule has 160 valence electrons. The van der Waals surface area contributed by atoms with Gasteiger partial charge in [-0.05, 0) is 38.1 Å². The molecule has 0 radical (unpaired) electrons. The molecule has 0 saturated carbocycles. The number of morpholine rings is 1. The van der Waals surface area contributed by atoms with Crippen molar-refractivity contribution < 1.29 is 32.3 Å². The molecule has 0 unspecified atom stereocenters. The van der Waals surface area contributed by atoms with Gasteiger partial charge in [-0.25, -0.2) is 13.2 Å². The Balaban J connectivity index is 1.95. The number of carbonyl (C=O) groups excluding carboxylic acids is 3. The summed E-state index contributed by atoms with van der Waals surface area (Å²) in [5, 5.41) is 4.92. The Morgan fingerprint density at radius 3 is 2.24 bits per heavy atom. The van der Waals surface area contributed by atoms with Crippen molar-refractivity contribution in [2.45, 2.75) is 37.8 Å². The van der Waals surface area contributed by atoms with Crippen LogP contribution in [-0.2, 0) is 33.9 Å². The van der Waals surface area contributed by atoms with Gasteiger partial charge in [0.15, 0.2) is 6.10 Å². The molecule has 0 aromatic heterocycles. The highest BCUT2D eigenvalue weighted by molar-refractivity contribution is 7.89. The molecule has 0 bridgehead atoms. The van der Waals surface area contributed by atoms with E-state index in [1.807, 2.05) is 0 Å². The van der Waals surface area contributed by atoms with Gasteiger partial charge < -0.3 is 20.1 Å². The van der Waals surface area contributed by atoms with Crippen LogP contribution in [0.5, 0.6) is 0 Å². The van der Waals surface area contributed by atoms with E-state index in [-0.39, 0.29) is 4.90 Å². The Kier molecular flexibility index (Phi) is 7.71. The predicted molar refractivity (Wildman–Crippen MR) is 103 cm³/mol. The first-order valence-corrected chi connectivity index (χ1v) is 10.5. The first-order valence-electron chi connectivity index (χ1n) is 9.07. The Morgan fingerprint density at radius 2 is 1.69 bits per heavy atom. The average molecular weight is 427 g/mol. The average Bonchev–Trinajstić information content (AvgIpc) is 2.68. The zero-order valence-corrected chi connectivity index (χ0v) is 17.3. The van der Waals surface area contributed by atoms with Crippen molar-refractivity contribution in [1.29, 1.82) is 0 Å². The summed E-state index contributed by atoms with van der Waals surface area (Å²) in [5.74, 6) is -1.72. The van der Waals surface area contributed by atoms with Crippen LogP contribution in [0.25, 0.3) is 0 Å². The second kappa shape index (κ2) is 9.81. The van der Waals surface area contributed by atoms with E-state index in [1.54, 1.807) is 0 Å². The summed E-state index contributed by atoms with van der Waals surface area (Å²) in [7, 11) is -3.62. The van der Waals surface area contributed by atoms with Gasteiger partial charge in [-0.15, -0.1) is 0 Å². The first-order chi connectivity index (χ1) is 13.6. The fraction of sp³-hybridized carbons (Fsp3) is 0.500. The summed E-state index contributed by atoms with van der Waals surface area (Å²) >= 11 is 0. The molecular weight excluding hydrogens is 402 g/mol. The summed E-state index contributed by atoms with van der Waals surface area (Å²) < 4.78 is 36.7. The molecule has 2 amide bonds. The zero-order chi connectivity index (χ0) is 21.6. The highest BCUT2D eigenvalue weighted by atomic mass is 32.2. The highest BCUT2D eigenvalue weighted by Crippen LogP contribution is 2.19. The highest BCUT2D eigenvalue weighted by Gasteiger charge is 2.26. The Bertz CT molecular complexity index is 849. The number of benzene rings is 1. The zero-order valence-electron chi connectivity index (χ0n) is 16.5. The molecule has 1 aromatic carbocycles. The molecule has 2 atom stereocenters. The lowest BCUT2D eigenvalue weighted by Gasteiger charge is -2.26. The standard InChI is InChI=1S/C18H25N3O7S/c1-12(19-14(3)22)18(24)28-13(2)17(23)20-15-4-6-16(7-5-15)29(25,26)21-8-10-27-11-9-21/h4-7,12-13H,8-11H2,1-3H3,(H,19,22)(H,20,23)/t12-,13-/m0/s1. The van der Waals surface area contributed by atoms with Gasteiger partial charge in [0.2, 0.25) is 15.9 Å². The third-order valence-corrected chi connectivity index (χ3v) is 6.08. The van der Waals surface area contributed by atoms with Gasteiger partial charge in [0.1, 0.15) is 6.04 Å². The minimum atomic E-state index is -3.62. The molecular formula is C18H25N3O7S. The third kappa shape index (κ3) is 6.24. The van der Waals surface area contributed by atoms with E-state index in [2.05, 4.69) is 10.6 Å². The maximum absolute atomic E-state index is 12.6. The monoisotopic (exact) mass is 427 g/mol. The minimum Gasteiger partial charge on any atom is -0.451 e. The Labute approximate surface area is 169 Å². The maximum Gasteiger partial charge on any atom is 0.329 e. The van der Waals surface area contributed by atoms with Crippen LogP contribution in [0.3, 0.4) is 0 Å². The number of ether oxygens (including phenoxy) is 2. The van der Waals surface area contributed by atoms with E-state index >= 15 is 0 Å². The van der Waals surface area contributed by atoms with Gasteiger partial charge in [-0.3, -0.25) is 9.59 Å². The van der Waals surface area contributed by atoms with E-state index in [1.165, 1.54) is 49.3 Å². The number of rotatable bonds is 7. The van der Waals surface area contributed by atoms with E-state index in [0.717, 1.165) is 0 Å². The SMILES string of the molecule is CC(=O)N[C@@H](C)C(=O)O[C@@H](C)C(=O)Nc1ccc(S(=O)(=O)N2CCOCC2)cc1. The fourth-order valence-electron chi connectivity index (χ4n) is 2.58. The molecule has 2 rings (SSSR count). The third-order valence-electron chi connectivity index (χ3n) is 4.17. The van der Waals surface area contributed by atoms with E-state index in [9.17, 15) is 22.8 Å². The van der Waals surface area contributed by atoms with Crippen LogP contribution in [0.15, 0.2) is 29.2 Å². The molecule has 29 heavy (non-hydrogen) atoms. The normalized spacial score (nSPS) is 17.1. The summed E-state index contributed by atoms with van der Waals surface area (Å²) in [5.41, 5.74) is 0.355. The number of hydrogen-bond donors (Lipinski definition) is 2. The second-order valence-electron chi connectivity index (χ2n) is 6.53. The summed E-state index contributed by atoms with van der Waals surface area (Å²) in [6, 6.07) is 4.83. The van der Waals surface area contributed by atoms with Gasteiger partial charge in [0.05, 0.1) is 18.1 Å². The smallest absolute Gasteiger partial charge is 0.329 e. The fourth-order valence-corrected chi connectivity index (χ4v) is 3.99. The molecule has 2 N–H and O–H groups in total. The Morgan fingerprint density at radius 1 is 1.10 bits per heavy atom. The lowest BCUT2D eigenvalue weighted by atomic mass is 10.3. The predicted octanol–water partition coefficient (Wildman–Crippen LogP) is 0.102. The molecule has 1 aromatic rings. The van der Waals surface area contributed by atoms with Crippen LogP contribution in [0.4, 0.5) is 5.69 Å². The van der Waals surface area contributed by atoms with Crippen LogP contribution >= 0.6 is 0 Å². The van der Waals surface area contributed by atoms with Crippen LogP contribution in [0.2, 0.25) is 0 Å². The molecule has 10 nitrogen and oxygen atoms in total. The van der Waals surface area contributed by atoms with E-state index in [0.29, 0.717) is 32.0 Å². The number of sulfonamides is 1.